The molecule has 0 saturated heterocycles. The largest absolute Gasteiger partial charge is 0.464 e. The monoisotopic (exact) mass is 347 g/mol. The van der Waals surface area contributed by atoms with E-state index >= 15 is 0 Å². The van der Waals surface area contributed by atoms with Gasteiger partial charge in [0.05, 0.1) is 12.1 Å². The van der Waals surface area contributed by atoms with Crippen LogP contribution in [0.1, 0.15) is 22.6 Å². The van der Waals surface area contributed by atoms with Gasteiger partial charge in [-0.25, -0.2) is 14.8 Å². The quantitative estimate of drug-likeness (QED) is 0.707. The molecule has 7 heteroatoms. The van der Waals surface area contributed by atoms with Gasteiger partial charge in [0.2, 0.25) is 5.95 Å². The second-order valence-electron chi connectivity index (χ2n) is 5.57. The second kappa shape index (κ2) is 7.40. The van der Waals surface area contributed by atoms with Gasteiger partial charge in [-0.05, 0) is 37.3 Å². The average molecular weight is 347 g/mol. The van der Waals surface area contributed by atoms with E-state index in [1.54, 1.807) is 24.5 Å². The summed E-state index contributed by atoms with van der Waals surface area (Å²) in [4.78, 5) is 21.1. The maximum atomic E-state index is 11.9. The first-order valence-electron chi connectivity index (χ1n) is 7.83. The maximum absolute atomic E-state index is 11.9. The van der Waals surface area contributed by atoms with Gasteiger partial charge in [-0.1, -0.05) is 17.9 Å². The van der Waals surface area contributed by atoms with Crippen molar-refractivity contribution in [2.75, 3.05) is 10.6 Å². The molecule has 0 atom stereocenters. The number of urea groups is 1. The van der Waals surface area contributed by atoms with Crippen molar-refractivity contribution in [3.05, 3.63) is 71.4 Å². The number of rotatable bonds is 3. The smallest absolute Gasteiger partial charge is 0.319 e. The molecule has 2 heterocycles. The molecule has 3 rings (SSSR count). The van der Waals surface area contributed by atoms with Crippen LogP contribution >= 0.6 is 0 Å². The third-order valence-electron chi connectivity index (χ3n) is 3.56. The van der Waals surface area contributed by atoms with E-state index in [1.807, 2.05) is 31.2 Å². The highest BCUT2D eigenvalue weighted by molar-refractivity contribution is 5.90. The predicted molar refractivity (Wildman–Crippen MR) is 98.1 cm³/mol. The normalized spacial score (nSPS) is 10.0. The first kappa shape index (κ1) is 17.0. The lowest BCUT2D eigenvalue weighted by molar-refractivity contribution is 0.253. The summed E-state index contributed by atoms with van der Waals surface area (Å²) in [5.41, 5.74) is 13.0. The highest BCUT2D eigenvalue weighted by atomic mass is 16.3. The number of benzene rings is 1. The standard InChI is InChI=1S/C19H17N5O2/c1-13-5-8-17(26-13)12-24(19(21)25)16-4-2-3-14(9-16)6-7-15-10-22-18(20)23-11-15/h2-5,8-11H,12H2,1H3,(H2,21,25)(H2,20,22,23). The van der Waals surface area contributed by atoms with Crippen LogP contribution in [0.15, 0.2) is 53.2 Å². The number of aromatic nitrogens is 2. The minimum Gasteiger partial charge on any atom is -0.464 e. The van der Waals surface area contributed by atoms with E-state index in [1.165, 1.54) is 4.90 Å². The Kier molecular flexibility index (Phi) is 4.85. The van der Waals surface area contributed by atoms with Crippen molar-refractivity contribution in [2.45, 2.75) is 13.5 Å². The van der Waals surface area contributed by atoms with Crippen molar-refractivity contribution in [3.63, 3.8) is 0 Å². The zero-order valence-corrected chi connectivity index (χ0v) is 14.1. The van der Waals surface area contributed by atoms with Crippen molar-refractivity contribution in [3.8, 4) is 11.8 Å². The molecule has 3 aromatic rings. The van der Waals surface area contributed by atoms with Crippen LogP contribution in [0.4, 0.5) is 16.4 Å². The predicted octanol–water partition coefficient (Wildman–Crippen LogP) is 2.45. The van der Waals surface area contributed by atoms with Gasteiger partial charge in [-0.2, -0.15) is 0 Å². The lowest BCUT2D eigenvalue weighted by Gasteiger charge is -2.19. The Bertz CT molecular complexity index is 983. The molecule has 130 valence electrons. The molecule has 0 aliphatic heterocycles. The van der Waals surface area contributed by atoms with Crippen molar-refractivity contribution >= 4 is 17.7 Å². The van der Waals surface area contributed by atoms with Crippen LogP contribution < -0.4 is 16.4 Å². The number of nitrogens with zero attached hydrogens (tertiary/aromatic N) is 3. The summed E-state index contributed by atoms with van der Waals surface area (Å²) < 4.78 is 5.53. The van der Waals surface area contributed by atoms with Gasteiger partial charge >= 0.3 is 6.03 Å². The van der Waals surface area contributed by atoms with E-state index in [0.717, 1.165) is 11.3 Å². The molecule has 0 bridgehead atoms. The number of furan rings is 1. The molecule has 0 unspecified atom stereocenters. The Hall–Kier alpha value is -3.79. The van der Waals surface area contributed by atoms with E-state index in [2.05, 4.69) is 21.8 Å². The van der Waals surface area contributed by atoms with E-state index in [9.17, 15) is 4.79 Å². The van der Waals surface area contributed by atoms with Crippen LogP contribution in [0, 0.1) is 18.8 Å². The maximum Gasteiger partial charge on any atom is 0.319 e. The first-order chi connectivity index (χ1) is 12.5. The fraction of sp³-hybridized carbons (Fsp3) is 0.105. The van der Waals surface area contributed by atoms with Gasteiger partial charge in [0, 0.05) is 23.6 Å². The van der Waals surface area contributed by atoms with Gasteiger partial charge in [0.15, 0.2) is 0 Å². The number of hydrogen-bond donors (Lipinski definition) is 2. The van der Waals surface area contributed by atoms with Crippen LogP contribution in [-0.4, -0.2) is 16.0 Å². The number of nitrogen functional groups attached to an aromatic ring is 1. The Labute approximate surface area is 150 Å². The number of anilines is 2. The van der Waals surface area contributed by atoms with Gasteiger partial charge in [-0.15, -0.1) is 0 Å². The van der Waals surface area contributed by atoms with Gasteiger partial charge in [-0.3, -0.25) is 4.90 Å². The minimum absolute atomic E-state index is 0.197. The lowest BCUT2D eigenvalue weighted by atomic mass is 10.1. The molecular formula is C19H17N5O2. The van der Waals surface area contributed by atoms with E-state index in [4.69, 9.17) is 15.9 Å². The van der Waals surface area contributed by atoms with Crippen LogP contribution in [0.3, 0.4) is 0 Å². The minimum atomic E-state index is -0.573. The summed E-state index contributed by atoms with van der Waals surface area (Å²) in [6.07, 6.45) is 3.10. The number of amides is 2. The number of aryl methyl sites for hydroxylation is 1. The summed E-state index contributed by atoms with van der Waals surface area (Å²) in [6.45, 7) is 2.08. The molecule has 2 aromatic heterocycles. The lowest BCUT2D eigenvalue weighted by Crippen LogP contribution is -2.35. The topological polar surface area (TPSA) is 111 Å². The molecule has 1 aromatic carbocycles. The molecule has 0 aliphatic carbocycles. The number of carbonyl (C=O) groups excluding carboxylic acids is 1. The fourth-order valence-electron chi connectivity index (χ4n) is 2.32. The van der Waals surface area contributed by atoms with Crippen LogP contribution in [0.25, 0.3) is 0 Å². The molecule has 0 fully saturated rings. The molecule has 4 N–H and O–H groups in total. The molecule has 26 heavy (non-hydrogen) atoms. The van der Waals surface area contributed by atoms with Crippen molar-refractivity contribution in [2.24, 2.45) is 5.73 Å². The highest BCUT2D eigenvalue weighted by Crippen LogP contribution is 2.19. The number of primary amides is 1. The van der Waals surface area contributed by atoms with E-state index < -0.39 is 6.03 Å². The van der Waals surface area contributed by atoms with Crippen LogP contribution in [0.5, 0.6) is 0 Å². The van der Waals surface area contributed by atoms with Gasteiger partial charge in [0.25, 0.3) is 0 Å². The first-order valence-corrected chi connectivity index (χ1v) is 7.83. The Balaban J connectivity index is 1.84. The number of hydrogen-bond acceptors (Lipinski definition) is 5. The van der Waals surface area contributed by atoms with E-state index in [0.29, 0.717) is 17.0 Å². The Morgan fingerprint density at radius 2 is 1.88 bits per heavy atom. The summed E-state index contributed by atoms with van der Waals surface area (Å²) in [5, 5.41) is 0. The summed E-state index contributed by atoms with van der Waals surface area (Å²) in [7, 11) is 0. The van der Waals surface area contributed by atoms with Gasteiger partial charge < -0.3 is 15.9 Å². The average Bonchev–Trinajstić information content (AvgIpc) is 3.04. The summed E-state index contributed by atoms with van der Waals surface area (Å²) in [5.74, 6) is 7.58. The summed E-state index contributed by atoms with van der Waals surface area (Å²) in [6, 6.07) is 10.3. The van der Waals surface area contributed by atoms with E-state index in [-0.39, 0.29) is 12.5 Å². The van der Waals surface area contributed by atoms with Crippen molar-refractivity contribution in [1.29, 1.82) is 0 Å². The Morgan fingerprint density at radius 3 is 2.54 bits per heavy atom. The van der Waals surface area contributed by atoms with Crippen molar-refractivity contribution < 1.29 is 9.21 Å². The molecule has 0 radical (unpaired) electrons. The third-order valence-corrected chi connectivity index (χ3v) is 3.56. The zero-order valence-electron chi connectivity index (χ0n) is 14.1. The zero-order chi connectivity index (χ0) is 18.5. The molecule has 0 spiro atoms. The highest BCUT2D eigenvalue weighted by Gasteiger charge is 2.15. The molecule has 0 aliphatic rings. The SMILES string of the molecule is Cc1ccc(CN(C(N)=O)c2cccc(C#Cc3cnc(N)nc3)c2)o1. The van der Waals surface area contributed by atoms with Gasteiger partial charge in [0.1, 0.15) is 11.5 Å². The van der Waals surface area contributed by atoms with Crippen molar-refractivity contribution in [1.82, 2.24) is 9.97 Å². The van der Waals surface area contributed by atoms with Crippen LogP contribution in [-0.2, 0) is 6.54 Å². The third kappa shape index (κ3) is 4.19. The fourth-order valence-corrected chi connectivity index (χ4v) is 2.32. The summed E-state index contributed by atoms with van der Waals surface area (Å²) >= 11 is 0. The van der Waals surface area contributed by atoms with Crippen LogP contribution in [0.2, 0.25) is 0 Å². The molecule has 0 saturated carbocycles. The Morgan fingerprint density at radius 1 is 1.15 bits per heavy atom. The molecule has 2 amide bonds. The number of nitrogens with two attached hydrogens (primary N) is 2. The number of carbonyl (C=O) groups is 1. The molecular weight excluding hydrogens is 330 g/mol. The molecule has 7 nitrogen and oxygen atoms in total. The second-order valence-corrected chi connectivity index (χ2v) is 5.57.